The summed E-state index contributed by atoms with van der Waals surface area (Å²) in [6.45, 7) is 3.47. The van der Waals surface area contributed by atoms with E-state index < -0.39 is 0 Å². The van der Waals surface area contributed by atoms with Gasteiger partial charge in [0.15, 0.2) is 5.96 Å². The monoisotopic (exact) mass is 279 g/mol. The first-order valence-corrected chi connectivity index (χ1v) is 7.56. The molecule has 0 aromatic rings. The highest BCUT2D eigenvalue weighted by atomic mass is 16.2. The van der Waals surface area contributed by atoms with Crippen LogP contribution in [0.25, 0.3) is 0 Å². The van der Waals surface area contributed by atoms with Gasteiger partial charge < -0.3 is 20.4 Å². The van der Waals surface area contributed by atoms with Crippen molar-refractivity contribution in [1.29, 1.82) is 0 Å². The number of hydrogen-bond donors (Lipinski definition) is 1. The molecule has 0 aromatic carbocycles. The summed E-state index contributed by atoms with van der Waals surface area (Å²) < 4.78 is 0. The molecule has 3 aliphatic rings. The SMILES string of the molecule is CN(C)C(=O)N1CCC2(CC1)CN=C(N)N2CC1CC1. The van der Waals surface area contributed by atoms with Crippen LogP contribution in [-0.4, -0.2) is 72.5 Å². The Morgan fingerprint density at radius 1 is 1.40 bits per heavy atom. The van der Waals surface area contributed by atoms with Crippen molar-refractivity contribution in [2.24, 2.45) is 16.6 Å². The van der Waals surface area contributed by atoms with Crippen LogP contribution in [0.2, 0.25) is 0 Å². The molecule has 2 fully saturated rings. The fourth-order valence-corrected chi connectivity index (χ4v) is 3.31. The summed E-state index contributed by atoms with van der Waals surface area (Å²) in [5.74, 6) is 1.52. The van der Waals surface area contributed by atoms with E-state index in [9.17, 15) is 4.79 Å². The van der Waals surface area contributed by atoms with Crippen LogP contribution in [0.1, 0.15) is 25.7 Å². The number of aliphatic imine (C=N–C) groups is 1. The van der Waals surface area contributed by atoms with E-state index in [1.54, 1.807) is 4.90 Å². The predicted molar refractivity (Wildman–Crippen MR) is 78.5 cm³/mol. The Morgan fingerprint density at radius 2 is 2.05 bits per heavy atom. The first kappa shape index (κ1) is 13.5. The third-order valence-corrected chi connectivity index (χ3v) is 4.87. The summed E-state index contributed by atoms with van der Waals surface area (Å²) in [5, 5.41) is 0. The number of hydrogen-bond acceptors (Lipinski definition) is 4. The molecule has 2 heterocycles. The van der Waals surface area contributed by atoms with E-state index in [1.165, 1.54) is 12.8 Å². The summed E-state index contributed by atoms with van der Waals surface area (Å²) >= 11 is 0. The molecule has 112 valence electrons. The van der Waals surface area contributed by atoms with Crippen molar-refractivity contribution in [3.63, 3.8) is 0 Å². The third-order valence-electron chi connectivity index (χ3n) is 4.87. The molecular formula is C14H25N5O. The molecule has 2 aliphatic heterocycles. The second-order valence-electron chi connectivity index (χ2n) is 6.62. The second kappa shape index (κ2) is 4.82. The lowest BCUT2D eigenvalue weighted by Crippen LogP contribution is -2.59. The van der Waals surface area contributed by atoms with Crippen LogP contribution in [0.3, 0.4) is 0 Å². The number of likely N-dealkylation sites (tertiary alicyclic amines) is 1. The molecule has 20 heavy (non-hydrogen) atoms. The number of rotatable bonds is 2. The fraction of sp³-hybridized carbons (Fsp3) is 0.857. The van der Waals surface area contributed by atoms with Gasteiger partial charge in [-0.25, -0.2) is 4.79 Å². The topological polar surface area (TPSA) is 65.2 Å². The standard InChI is InChI=1S/C14H25N5O/c1-17(2)13(20)18-7-5-14(6-8-18)10-16-12(15)19(14)9-11-3-4-11/h11H,3-10H2,1-2H3,(H2,15,16). The Morgan fingerprint density at radius 3 is 2.60 bits per heavy atom. The molecule has 1 aliphatic carbocycles. The highest BCUT2D eigenvalue weighted by molar-refractivity contribution is 5.81. The smallest absolute Gasteiger partial charge is 0.319 e. The molecule has 0 radical (unpaired) electrons. The number of nitrogens with zero attached hydrogens (tertiary/aromatic N) is 4. The minimum Gasteiger partial charge on any atom is -0.370 e. The normalized spacial score (nSPS) is 25.0. The Balaban J connectivity index is 1.64. The summed E-state index contributed by atoms with van der Waals surface area (Å²) in [5.41, 5.74) is 6.17. The van der Waals surface area contributed by atoms with Gasteiger partial charge in [-0.1, -0.05) is 0 Å². The molecular weight excluding hydrogens is 254 g/mol. The summed E-state index contributed by atoms with van der Waals surface area (Å²) in [6.07, 6.45) is 4.60. The molecule has 0 bridgehead atoms. The Hall–Kier alpha value is -1.46. The maximum Gasteiger partial charge on any atom is 0.319 e. The van der Waals surface area contributed by atoms with Crippen molar-refractivity contribution in [2.75, 3.05) is 40.3 Å². The predicted octanol–water partition coefficient (Wildman–Crippen LogP) is 0.543. The van der Waals surface area contributed by atoms with Crippen molar-refractivity contribution in [1.82, 2.24) is 14.7 Å². The van der Waals surface area contributed by atoms with Gasteiger partial charge in [-0.3, -0.25) is 4.99 Å². The number of amides is 2. The largest absolute Gasteiger partial charge is 0.370 e. The summed E-state index contributed by atoms with van der Waals surface area (Å²) in [4.78, 5) is 22.4. The molecule has 0 atom stereocenters. The van der Waals surface area contributed by atoms with Gasteiger partial charge in [0.1, 0.15) is 0 Å². The van der Waals surface area contributed by atoms with Crippen LogP contribution in [-0.2, 0) is 0 Å². The van der Waals surface area contributed by atoms with Gasteiger partial charge in [0.05, 0.1) is 12.1 Å². The molecule has 6 heteroatoms. The Labute approximate surface area is 120 Å². The zero-order chi connectivity index (χ0) is 14.3. The van der Waals surface area contributed by atoms with Crippen molar-refractivity contribution in [2.45, 2.75) is 31.2 Å². The molecule has 2 amide bonds. The lowest BCUT2D eigenvalue weighted by molar-refractivity contribution is 0.0868. The number of piperidine rings is 1. The van der Waals surface area contributed by atoms with Gasteiger partial charge in [0, 0.05) is 33.7 Å². The van der Waals surface area contributed by atoms with Crippen LogP contribution in [0.4, 0.5) is 4.79 Å². The van der Waals surface area contributed by atoms with Gasteiger partial charge in [-0.2, -0.15) is 0 Å². The van der Waals surface area contributed by atoms with Crippen molar-refractivity contribution < 1.29 is 4.79 Å². The van der Waals surface area contributed by atoms with Gasteiger partial charge >= 0.3 is 6.03 Å². The fourth-order valence-electron chi connectivity index (χ4n) is 3.31. The number of nitrogens with two attached hydrogens (primary N) is 1. The quantitative estimate of drug-likeness (QED) is 0.802. The molecule has 1 spiro atoms. The highest BCUT2D eigenvalue weighted by Gasteiger charge is 2.46. The summed E-state index contributed by atoms with van der Waals surface area (Å²) in [6, 6.07) is 0.112. The van der Waals surface area contributed by atoms with Gasteiger partial charge in [-0.05, 0) is 31.6 Å². The van der Waals surface area contributed by atoms with Crippen LogP contribution in [0.15, 0.2) is 4.99 Å². The maximum atomic E-state index is 12.0. The molecule has 6 nitrogen and oxygen atoms in total. The van der Waals surface area contributed by atoms with Crippen molar-refractivity contribution in [3.05, 3.63) is 0 Å². The average molecular weight is 279 g/mol. The number of carbonyl (C=O) groups is 1. The van der Waals surface area contributed by atoms with Gasteiger partial charge in [0.2, 0.25) is 0 Å². The number of guanidine groups is 1. The van der Waals surface area contributed by atoms with E-state index >= 15 is 0 Å². The zero-order valence-corrected chi connectivity index (χ0v) is 12.5. The molecule has 1 saturated carbocycles. The lowest BCUT2D eigenvalue weighted by Gasteiger charge is -2.45. The summed E-state index contributed by atoms with van der Waals surface area (Å²) in [7, 11) is 3.62. The third kappa shape index (κ3) is 2.31. The minimum atomic E-state index is 0.0791. The molecule has 0 aromatic heterocycles. The van der Waals surface area contributed by atoms with Crippen LogP contribution in [0, 0.1) is 5.92 Å². The molecule has 0 unspecified atom stereocenters. The van der Waals surface area contributed by atoms with Crippen LogP contribution < -0.4 is 5.73 Å². The van der Waals surface area contributed by atoms with Crippen LogP contribution >= 0.6 is 0 Å². The van der Waals surface area contributed by atoms with Crippen molar-refractivity contribution in [3.8, 4) is 0 Å². The van der Waals surface area contributed by atoms with Crippen molar-refractivity contribution >= 4 is 12.0 Å². The lowest BCUT2D eigenvalue weighted by atomic mass is 9.86. The van der Waals surface area contributed by atoms with Gasteiger partial charge in [-0.15, -0.1) is 0 Å². The Bertz CT molecular complexity index is 421. The highest BCUT2D eigenvalue weighted by Crippen LogP contribution is 2.38. The Kier molecular flexibility index (Phi) is 3.26. The number of urea groups is 1. The van der Waals surface area contributed by atoms with Gasteiger partial charge in [0.25, 0.3) is 0 Å². The minimum absolute atomic E-state index is 0.0791. The van der Waals surface area contributed by atoms with Crippen LogP contribution in [0.5, 0.6) is 0 Å². The van der Waals surface area contributed by atoms with E-state index in [4.69, 9.17) is 5.73 Å². The van der Waals surface area contributed by atoms with E-state index in [0.717, 1.165) is 44.9 Å². The van der Waals surface area contributed by atoms with E-state index in [-0.39, 0.29) is 11.6 Å². The van der Waals surface area contributed by atoms with E-state index in [2.05, 4.69) is 9.89 Å². The first-order chi connectivity index (χ1) is 9.52. The molecule has 1 saturated heterocycles. The molecule has 3 rings (SSSR count). The molecule has 2 N–H and O–H groups in total. The zero-order valence-electron chi connectivity index (χ0n) is 12.5. The van der Waals surface area contributed by atoms with E-state index in [1.807, 2.05) is 19.0 Å². The second-order valence-corrected chi connectivity index (χ2v) is 6.62. The average Bonchev–Trinajstić information content (AvgIpc) is 3.21. The maximum absolute atomic E-state index is 12.0. The number of carbonyl (C=O) groups excluding carboxylic acids is 1. The van der Waals surface area contributed by atoms with E-state index in [0.29, 0.717) is 5.96 Å². The first-order valence-electron chi connectivity index (χ1n) is 7.56.